The molecule has 1 aromatic rings. The molecule has 0 radical (unpaired) electrons. The van der Waals surface area contributed by atoms with Crippen LogP contribution in [-0.4, -0.2) is 16.0 Å². The van der Waals surface area contributed by atoms with Gasteiger partial charge in [-0.1, -0.05) is 12.2 Å². The van der Waals surface area contributed by atoms with Crippen molar-refractivity contribution in [1.82, 2.24) is 15.3 Å². The Hall–Kier alpha value is -1.09. The van der Waals surface area contributed by atoms with E-state index in [9.17, 15) is 0 Å². The number of hydrogen-bond donors (Lipinski definition) is 2. The maximum Gasteiger partial charge on any atom is 0.103 e. The van der Waals surface area contributed by atoms with Gasteiger partial charge in [0, 0.05) is 24.5 Å². The van der Waals surface area contributed by atoms with E-state index in [4.69, 9.17) is 0 Å². The lowest BCUT2D eigenvalue weighted by molar-refractivity contribution is 0.471. The molecule has 0 saturated carbocycles. The summed E-state index contributed by atoms with van der Waals surface area (Å²) in [5, 5.41) is 3.53. The SMILES string of the molecule is Cc1ncc(CNC2CC=CCC2)[nH]1. The van der Waals surface area contributed by atoms with Crippen LogP contribution in [0.25, 0.3) is 0 Å². The van der Waals surface area contributed by atoms with Gasteiger partial charge in [0.05, 0.1) is 0 Å². The molecule has 2 N–H and O–H groups in total. The standard InChI is InChI=1S/C11H17N3/c1-9-12-7-11(14-9)8-13-10-5-3-2-4-6-10/h2-3,7,10,13H,4-6,8H2,1H3,(H,12,14). The molecular formula is C11H17N3. The van der Waals surface area contributed by atoms with Crippen LogP contribution in [0, 0.1) is 6.92 Å². The number of nitrogens with zero attached hydrogens (tertiary/aromatic N) is 1. The first-order chi connectivity index (χ1) is 6.84. The van der Waals surface area contributed by atoms with Crippen LogP contribution in [-0.2, 0) is 6.54 Å². The minimum atomic E-state index is 0.642. The highest BCUT2D eigenvalue weighted by Crippen LogP contribution is 2.10. The largest absolute Gasteiger partial charge is 0.345 e. The quantitative estimate of drug-likeness (QED) is 0.717. The molecule has 2 rings (SSSR count). The number of H-pyrrole nitrogens is 1. The van der Waals surface area contributed by atoms with Crippen LogP contribution in [0.1, 0.15) is 30.8 Å². The number of nitrogens with one attached hydrogen (secondary N) is 2. The Bertz CT molecular complexity index is 314. The predicted octanol–water partition coefficient (Wildman–Crippen LogP) is 1.92. The third-order valence-corrected chi connectivity index (χ3v) is 2.61. The molecule has 1 aliphatic carbocycles. The maximum absolute atomic E-state index is 4.17. The highest BCUT2D eigenvalue weighted by Gasteiger charge is 2.08. The molecule has 0 fully saturated rings. The minimum Gasteiger partial charge on any atom is -0.345 e. The van der Waals surface area contributed by atoms with Crippen LogP contribution >= 0.6 is 0 Å². The maximum atomic E-state index is 4.17. The number of aromatic amines is 1. The summed E-state index contributed by atoms with van der Waals surface area (Å²) in [5.41, 5.74) is 1.18. The van der Waals surface area contributed by atoms with E-state index in [2.05, 4.69) is 27.4 Å². The lowest BCUT2D eigenvalue weighted by Gasteiger charge is -2.18. The van der Waals surface area contributed by atoms with Crippen molar-refractivity contribution in [2.75, 3.05) is 0 Å². The highest BCUT2D eigenvalue weighted by molar-refractivity contribution is 5.00. The Morgan fingerprint density at radius 3 is 3.14 bits per heavy atom. The van der Waals surface area contributed by atoms with E-state index in [1.165, 1.54) is 18.5 Å². The molecular weight excluding hydrogens is 174 g/mol. The molecule has 1 aromatic heterocycles. The first kappa shape index (κ1) is 9.46. The lowest BCUT2D eigenvalue weighted by Crippen LogP contribution is -2.29. The van der Waals surface area contributed by atoms with Crippen molar-refractivity contribution in [3.05, 3.63) is 29.9 Å². The molecule has 3 heteroatoms. The fourth-order valence-corrected chi connectivity index (χ4v) is 1.79. The van der Waals surface area contributed by atoms with E-state index in [1.54, 1.807) is 0 Å². The average Bonchev–Trinajstić information content (AvgIpc) is 2.63. The second-order valence-corrected chi connectivity index (χ2v) is 3.86. The monoisotopic (exact) mass is 191 g/mol. The van der Waals surface area contributed by atoms with Crippen molar-refractivity contribution in [2.24, 2.45) is 0 Å². The fourth-order valence-electron chi connectivity index (χ4n) is 1.79. The summed E-state index contributed by atoms with van der Waals surface area (Å²) in [6.45, 7) is 2.88. The van der Waals surface area contributed by atoms with Crippen molar-refractivity contribution in [3.8, 4) is 0 Å². The number of rotatable bonds is 3. The second-order valence-electron chi connectivity index (χ2n) is 3.86. The van der Waals surface area contributed by atoms with Crippen molar-refractivity contribution in [3.63, 3.8) is 0 Å². The average molecular weight is 191 g/mol. The molecule has 0 aromatic carbocycles. The Balaban J connectivity index is 1.79. The van der Waals surface area contributed by atoms with Gasteiger partial charge in [0.25, 0.3) is 0 Å². The number of aryl methyl sites for hydroxylation is 1. The zero-order valence-corrected chi connectivity index (χ0v) is 8.59. The minimum absolute atomic E-state index is 0.642. The summed E-state index contributed by atoms with van der Waals surface area (Å²) < 4.78 is 0. The first-order valence-corrected chi connectivity index (χ1v) is 5.23. The van der Waals surface area contributed by atoms with Crippen LogP contribution in [0.3, 0.4) is 0 Å². The molecule has 0 saturated heterocycles. The summed E-state index contributed by atoms with van der Waals surface area (Å²) in [6, 6.07) is 0.642. The van der Waals surface area contributed by atoms with Gasteiger partial charge >= 0.3 is 0 Å². The summed E-state index contributed by atoms with van der Waals surface area (Å²) in [6.07, 6.45) is 10.1. The van der Waals surface area contributed by atoms with Gasteiger partial charge in [-0.05, 0) is 26.2 Å². The number of aromatic nitrogens is 2. The van der Waals surface area contributed by atoms with Gasteiger partial charge < -0.3 is 10.3 Å². The van der Waals surface area contributed by atoms with E-state index in [0.717, 1.165) is 18.8 Å². The van der Waals surface area contributed by atoms with E-state index < -0.39 is 0 Å². The lowest BCUT2D eigenvalue weighted by atomic mass is 10.0. The van der Waals surface area contributed by atoms with E-state index in [0.29, 0.717) is 6.04 Å². The summed E-state index contributed by atoms with van der Waals surface area (Å²) >= 11 is 0. The van der Waals surface area contributed by atoms with Gasteiger partial charge in [-0.15, -0.1) is 0 Å². The Morgan fingerprint density at radius 1 is 1.57 bits per heavy atom. The summed E-state index contributed by atoms with van der Waals surface area (Å²) in [4.78, 5) is 7.39. The molecule has 3 nitrogen and oxygen atoms in total. The Labute approximate surface area is 84.6 Å². The Morgan fingerprint density at radius 2 is 2.50 bits per heavy atom. The van der Waals surface area contributed by atoms with Gasteiger partial charge in [-0.25, -0.2) is 4.98 Å². The normalized spacial score (nSPS) is 21.4. The Kier molecular flexibility index (Phi) is 2.99. The predicted molar refractivity (Wildman–Crippen MR) is 56.9 cm³/mol. The molecule has 76 valence electrons. The van der Waals surface area contributed by atoms with Crippen molar-refractivity contribution >= 4 is 0 Å². The van der Waals surface area contributed by atoms with Crippen LogP contribution in [0.4, 0.5) is 0 Å². The number of imidazole rings is 1. The van der Waals surface area contributed by atoms with Crippen LogP contribution in [0.5, 0.6) is 0 Å². The van der Waals surface area contributed by atoms with Crippen LogP contribution < -0.4 is 5.32 Å². The summed E-state index contributed by atoms with van der Waals surface area (Å²) in [7, 11) is 0. The molecule has 1 heterocycles. The zero-order valence-electron chi connectivity index (χ0n) is 8.59. The van der Waals surface area contributed by atoms with Crippen molar-refractivity contribution in [2.45, 2.75) is 38.8 Å². The van der Waals surface area contributed by atoms with Crippen LogP contribution in [0.2, 0.25) is 0 Å². The topological polar surface area (TPSA) is 40.7 Å². The molecule has 14 heavy (non-hydrogen) atoms. The van der Waals surface area contributed by atoms with Gasteiger partial charge in [0.2, 0.25) is 0 Å². The van der Waals surface area contributed by atoms with Crippen molar-refractivity contribution in [1.29, 1.82) is 0 Å². The van der Waals surface area contributed by atoms with Gasteiger partial charge in [-0.2, -0.15) is 0 Å². The summed E-state index contributed by atoms with van der Waals surface area (Å²) in [5.74, 6) is 0.991. The molecule has 1 aliphatic rings. The van der Waals surface area contributed by atoms with Crippen LogP contribution in [0.15, 0.2) is 18.3 Å². The van der Waals surface area contributed by atoms with Gasteiger partial charge in [0.15, 0.2) is 0 Å². The smallest absolute Gasteiger partial charge is 0.103 e. The molecule has 0 spiro atoms. The number of allylic oxidation sites excluding steroid dienone is 1. The van der Waals surface area contributed by atoms with Gasteiger partial charge in [-0.3, -0.25) is 0 Å². The molecule has 1 atom stereocenters. The highest BCUT2D eigenvalue weighted by atomic mass is 15.0. The zero-order chi connectivity index (χ0) is 9.80. The van der Waals surface area contributed by atoms with Gasteiger partial charge in [0.1, 0.15) is 5.82 Å². The van der Waals surface area contributed by atoms with Crippen molar-refractivity contribution < 1.29 is 0 Å². The number of hydrogen-bond acceptors (Lipinski definition) is 2. The first-order valence-electron chi connectivity index (χ1n) is 5.23. The fraction of sp³-hybridized carbons (Fsp3) is 0.545. The second kappa shape index (κ2) is 4.42. The molecule has 1 unspecified atom stereocenters. The molecule has 0 aliphatic heterocycles. The molecule has 0 amide bonds. The molecule has 0 bridgehead atoms. The third-order valence-electron chi connectivity index (χ3n) is 2.61. The third kappa shape index (κ3) is 2.45. The van der Waals surface area contributed by atoms with E-state index in [1.807, 2.05) is 13.1 Å². The van der Waals surface area contributed by atoms with E-state index >= 15 is 0 Å². The van der Waals surface area contributed by atoms with E-state index in [-0.39, 0.29) is 0 Å².